The van der Waals surface area contributed by atoms with Gasteiger partial charge in [-0.15, -0.1) is 0 Å². The molecule has 3 aromatic rings. The average molecular weight is 484 g/mol. The number of amides is 3. The molecule has 0 saturated heterocycles. The van der Waals surface area contributed by atoms with Gasteiger partial charge in [-0.2, -0.15) is 0 Å². The van der Waals surface area contributed by atoms with Gasteiger partial charge in [-0.05, 0) is 53.6 Å². The van der Waals surface area contributed by atoms with Crippen molar-refractivity contribution in [3.05, 3.63) is 66.2 Å². The lowest BCUT2D eigenvalue weighted by Gasteiger charge is -2.12. The van der Waals surface area contributed by atoms with E-state index in [1.165, 1.54) is 31.2 Å². The average Bonchev–Trinajstić information content (AvgIpc) is 2.78. The zero-order chi connectivity index (χ0) is 24.7. The van der Waals surface area contributed by atoms with E-state index >= 15 is 0 Å². The molecule has 0 atom stereocenters. The molecule has 3 aromatic carbocycles. The summed E-state index contributed by atoms with van der Waals surface area (Å²) in [5, 5.41) is 6.73. The monoisotopic (exact) mass is 483 g/mol. The van der Waals surface area contributed by atoms with Gasteiger partial charge in [0.25, 0.3) is 15.9 Å². The number of rotatable bonds is 8. The zero-order valence-electron chi connectivity index (χ0n) is 18.8. The molecule has 0 spiro atoms. The van der Waals surface area contributed by atoms with Gasteiger partial charge in [0, 0.05) is 19.2 Å². The standard InChI is InChI=1S/C24H25N3O6S/c1-3-4-13-25-24(30)27-34(31,32)20-11-9-19(10-12-20)26-23(29)21-14-17-7-5-6-8-18(17)15-22(21)33-16(2)28/h5-12,14-15H,3-4,13H2,1-2H3,(H,26,29)(H2,25,27,30). The number of carbonyl (C=O) groups excluding carboxylic acids is 3. The van der Waals surface area contributed by atoms with Crippen molar-refractivity contribution in [2.24, 2.45) is 0 Å². The summed E-state index contributed by atoms with van der Waals surface area (Å²) in [7, 11) is -4.07. The Hall–Kier alpha value is -3.92. The van der Waals surface area contributed by atoms with Crippen LogP contribution < -0.4 is 20.1 Å². The molecule has 0 aliphatic rings. The highest BCUT2D eigenvalue weighted by molar-refractivity contribution is 7.90. The molecule has 0 aliphatic carbocycles. The van der Waals surface area contributed by atoms with E-state index in [4.69, 9.17) is 4.74 Å². The number of hydrogen-bond donors (Lipinski definition) is 3. The molecule has 3 amide bonds. The normalized spacial score (nSPS) is 11.0. The van der Waals surface area contributed by atoms with Crippen LogP contribution in [0.4, 0.5) is 10.5 Å². The molecule has 0 aromatic heterocycles. The van der Waals surface area contributed by atoms with Gasteiger partial charge in [-0.1, -0.05) is 37.6 Å². The van der Waals surface area contributed by atoms with Crippen molar-refractivity contribution in [1.82, 2.24) is 10.0 Å². The lowest BCUT2D eigenvalue weighted by Crippen LogP contribution is -2.39. The fraction of sp³-hybridized carbons (Fsp3) is 0.208. The van der Waals surface area contributed by atoms with Gasteiger partial charge in [0.15, 0.2) is 0 Å². The number of anilines is 1. The van der Waals surface area contributed by atoms with E-state index in [1.54, 1.807) is 12.1 Å². The molecule has 0 bridgehead atoms. The van der Waals surface area contributed by atoms with Gasteiger partial charge >= 0.3 is 12.0 Å². The van der Waals surface area contributed by atoms with Gasteiger partial charge < -0.3 is 15.4 Å². The first-order chi connectivity index (χ1) is 16.2. The van der Waals surface area contributed by atoms with E-state index in [2.05, 4.69) is 10.6 Å². The summed E-state index contributed by atoms with van der Waals surface area (Å²) in [5.41, 5.74) is 0.467. The molecule has 3 rings (SSSR count). The van der Waals surface area contributed by atoms with Gasteiger partial charge in [-0.3, -0.25) is 9.59 Å². The summed E-state index contributed by atoms with van der Waals surface area (Å²) >= 11 is 0. The van der Waals surface area contributed by atoms with Crippen molar-refractivity contribution >= 4 is 44.4 Å². The Morgan fingerprint density at radius 2 is 1.59 bits per heavy atom. The molecule has 3 N–H and O–H groups in total. The third-order valence-electron chi connectivity index (χ3n) is 4.81. The highest BCUT2D eigenvalue weighted by Crippen LogP contribution is 2.27. The molecular formula is C24H25N3O6S. The molecule has 178 valence electrons. The highest BCUT2D eigenvalue weighted by atomic mass is 32.2. The number of carbonyl (C=O) groups is 3. The second kappa shape index (κ2) is 10.8. The Morgan fingerprint density at radius 3 is 2.21 bits per heavy atom. The Bertz CT molecular complexity index is 1320. The van der Waals surface area contributed by atoms with Crippen LogP contribution in [0.25, 0.3) is 10.8 Å². The lowest BCUT2D eigenvalue weighted by molar-refractivity contribution is -0.131. The van der Waals surface area contributed by atoms with E-state index in [0.29, 0.717) is 12.2 Å². The Labute approximate surface area is 197 Å². The van der Waals surface area contributed by atoms with Gasteiger partial charge in [0.1, 0.15) is 5.75 Å². The van der Waals surface area contributed by atoms with Crippen LogP contribution in [-0.2, 0) is 14.8 Å². The largest absolute Gasteiger partial charge is 0.426 e. The quantitative estimate of drug-likeness (QED) is 0.254. The number of esters is 1. The summed E-state index contributed by atoms with van der Waals surface area (Å²) in [6.45, 7) is 3.56. The Balaban J connectivity index is 1.76. The molecule has 0 fully saturated rings. The fourth-order valence-corrected chi connectivity index (χ4v) is 4.08. The second-order valence-electron chi connectivity index (χ2n) is 7.48. The predicted octanol–water partition coefficient (Wildman–Crippen LogP) is 3.81. The summed E-state index contributed by atoms with van der Waals surface area (Å²) in [4.78, 5) is 36.1. The Morgan fingerprint density at radius 1 is 0.941 bits per heavy atom. The van der Waals surface area contributed by atoms with E-state index in [-0.39, 0.29) is 16.2 Å². The SMILES string of the molecule is CCCCNC(=O)NS(=O)(=O)c1ccc(NC(=O)c2cc3ccccc3cc2OC(C)=O)cc1. The van der Waals surface area contributed by atoms with Crippen LogP contribution in [0, 0.1) is 0 Å². The van der Waals surface area contributed by atoms with Crippen molar-refractivity contribution < 1.29 is 27.5 Å². The fourth-order valence-electron chi connectivity index (χ4n) is 3.15. The first-order valence-corrected chi connectivity index (χ1v) is 12.1. The first kappa shape index (κ1) is 24.7. The second-order valence-corrected chi connectivity index (χ2v) is 9.17. The molecule has 10 heteroatoms. The minimum Gasteiger partial charge on any atom is -0.426 e. The number of hydrogen-bond acceptors (Lipinski definition) is 6. The number of ether oxygens (including phenoxy) is 1. The minimum absolute atomic E-state index is 0.112. The number of fused-ring (bicyclic) bond motifs is 1. The number of nitrogens with one attached hydrogen (secondary N) is 3. The molecule has 0 heterocycles. The maximum Gasteiger partial charge on any atom is 0.328 e. The van der Waals surface area contributed by atoms with Gasteiger partial charge in [-0.25, -0.2) is 17.9 Å². The van der Waals surface area contributed by atoms with Crippen molar-refractivity contribution in [2.45, 2.75) is 31.6 Å². The van der Waals surface area contributed by atoms with Crippen molar-refractivity contribution in [2.75, 3.05) is 11.9 Å². The zero-order valence-corrected chi connectivity index (χ0v) is 19.6. The summed E-state index contributed by atoms with van der Waals surface area (Å²) in [5.74, 6) is -0.989. The van der Waals surface area contributed by atoms with Crippen LogP contribution in [0.3, 0.4) is 0 Å². The summed E-state index contributed by atoms with van der Waals surface area (Å²) < 4.78 is 32.0. The molecule has 9 nitrogen and oxygen atoms in total. The van der Waals surface area contributed by atoms with Crippen LogP contribution in [0.5, 0.6) is 5.75 Å². The Kier molecular flexibility index (Phi) is 7.85. The van der Waals surface area contributed by atoms with Crippen LogP contribution in [0.1, 0.15) is 37.0 Å². The van der Waals surface area contributed by atoms with Crippen molar-refractivity contribution in [3.63, 3.8) is 0 Å². The van der Waals surface area contributed by atoms with E-state index in [0.717, 1.165) is 23.6 Å². The van der Waals surface area contributed by atoms with E-state index < -0.39 is 27.9 Å². The minimum atomic E-state index is -4.07. The molecule has 0 unspecified atom stereocenters. The molecule has 0 saturated carbocycles. The number of urea groups is 1. The number of sulfonamides is 1. The van der Waals surface area contributed by atoms with Crippen molar-refractivity contribution in [3.8, 4) is 5.75 Å². The predicted molar refractivity (Wildman–Crippen MR) is 128 cm³/mol. The number of benzene rings is 3. The van der Waals surface area contributed by atoms with Crippen LogP contribution in [0.2, 0.25) is 0 Å². The van der Waals surface area contributed by atoms with Crippen LogP contribution >= 0.6 is 0 Å². The molecule has 0 radical (unpaired) electrons. The van der Waals surface area contributed by atoms with E-state index in [1.807, 2.05) is 35.9 Å². The van der Waals surface area contributed by atoms with Crippen LogP contribution in [0.15, 0.2) is 65.6 Å². The summed E-state index contributed by atoms with van der Waals surface area (Å²) in [6.07, 6.45) is 1.60. The van der Waals surface area contributed by atoms with Crippen molar-refractivity contribution in [1.29, 1.82) is 0 Å². The molecule has 0 aliphatic heterocycles. The topological polar surface area (TPSA) is 131 Å². The maximum atomic E-state index is 12.9. The maximum absolute atomic E-state index is 12.9. The van der Waals surface area contributed by atoms with Gasteiger partial charge in [0.2, 0.25) is 0 Å². The third-order valence-corrected chi connectivity index (χ3v) is 6.16. The number of unbranched alkanes of at least 4 members (excludes halogenated alkanes) is 1. The van der Waals surface area contributed by atoms with E-state index in [9.17, 15) is 22.8 Å². The highest BCUT2D eigenvalue weighted by Gasteiger charge is 2.19. The molecule has 34 heavy (non-hydrogen) atoms. The van der Waals surface area contributed by atoms with Crippen LogP contribution in [-0.4, -0.2) is 32.9 Å². The summed E-state index contributed by atoms with van der Waals surface area (Å²) in [6, 6.07) is 15.1. The third kappa shape index (κ3) is 6.32. The smallest absolute Gasteiger partial charge is 0.328 e. The lowest BCUT2D eigenvalue weighted by atomic mass is 10.1. The molecular weight excluding hydrogens is 458 g/mol. The van der Waals surface area contributed by atoms with Gasteiger partial charge in [0.05, 0.1) is 10.5 Å². The first-order valence-electron chi connectivity index (χ1n) is 10.6.